The molecular weight excluding hydrogens is 378 g/mol. The van der Waals surface area contributed by atoms with Crippen LogP contribution in [0, 0.1) is 41.9 Å². The number of rotatable bonds is 5. The van der Waals surface area contributed by atoms with E-state index < -0.39 is 0 Å². The Kier molecular flexibility index (Phi) is 4.06. The van der Waals surface area contributed by atoms with Crippen LogP contribution in [-0.4, -0.2) is 15.5 Å². The van der Waals surface area contributed by atoms with Crippen LogP contribution in [0.15, 0.2) is 18.2 Å². The Morgan fingerprint density at radius 3 is 2.53 bits per heavy atom. The minimum Gasteiger partial charge on any atom is -0.438 e. The Morgan fingerprint density at radius 1 is 1.13 bits per heavy atom. The van der Waals surface area contributed by atoms with Gasteiger partial charge in [-0.3, -0.25) is 0 Å². The lowest BCUT2D eigenvalue weighted by molar-refractivity contribution is -0.0665. The van der Waals surface area contributed by atoms with Gasteiger partial charge in [0.1, 0.15) is 5.75 Å². The van der Waals surface area contributed by atoms with E-state index in [-0.39, 0.29) is 11.0 Å². The van der Waals surface area contributed by atoms with Crippen molar-refractivity contribution >= 4 is 12.0 Å². The van der Waals surface area contributed by atoms with Crippen molar-refractivity contribution in [1.29, 1.82) is 10.5 Å². The Bertz CT molecular complexity index is 1130. The first-order chi connectivity index (χ1) is 14.4. The third kappa shape index (κ3) is 2.91. The van der Waals surface area contributed by atoms with Crippen molar-refractivity contribution in [3.05, 3.63) is 46.2 Å². The summed E-state index contributed by atoms with van der Waals surface area (Å²) in [4.78, 5) is 9.31. The van der Waals surface area contributed by atoms with Gasteiger partial charge in [0.25, 0.3) is 0 Å². The molecule has 2 bridgehead atoms. The summed E-state index contributed by atoms with van der Waals surface area (Å²) in [5.41, 5.74) is 4.40. The fourth-order valence-corrected chi connectivity index (χ4v) is 4.91. The molecule has 6 rings (SSSR count). The van der Waals surface area contributed by atoms with Crippen LogP contribution in [0.2, 0.25) is 0 Å². The van der Waals surface area contributed by atoms with Gasteiger partial charge in [-0.25, -0.2) is 4.98 Å². The van der Waals surface area contributed by atoms with Gasteiger partial charge >= 0.3 is 0 Å². The van der Waals surface area contributed by atoms with Crippen molar-refractivity contribution in [2.24, 2.45) is 5.41 Å². The first-order valence-electron chi connectivity index (χ1n) is 9.97. The smallest absolute Gasteiger partial charge is 0.230 e. The standard InChI is InChI=1S/C23H21N5O2/c1-14-6-16(4-3-5-24)7-15(2)19(14)30-20-17-8-29-9-18(17)26-21(27-20)28-23-10-22(11-23,12-23)13-25/h3-4,6-7H,8-12H2,1-2H3,(H,26,27,28)/b4-3+. The minimum absolute atomic E-state index is 0.0543. The molecule has 2 heterocycles. The molecule has 0 amide bonds. The number of ether oxygens (including phenoxy) is 2. The molecule has 1 aromatic carbocycles. The topological polar surface area (TPSA) is 104 Å². The molecule has 3 aliphatic carbocycles. The molecule has 1 aromatic heterocycles. The third-order valence-electron chi connectivity index (χ3n) is 6.22. The summed E-state index contributed by atoms with van der Waals surface area (Å²) < 4.78 is 11.9. The zero-order valence-corrected chi connectivity index (χ0v) is 17.0. The van der Waals surface area contributed by atoms with E-state index in [1.54, 1.807) is 6.08 Å². The number of nitrogens with zero attached hydrogens (tertiary/aromatic N) is 4. The SMILES string of the molecule is Cc1cc(/C=C/C#N)cc(C)c1Oc1nc(NC23CC(C#N)(C2)C3)nc2c1COC2. The molecule has 0 saturated heterocycles. The zero-order valence-electron chi connectivity index (χ0n) is 17.0. The number of fused-ring (bicyclic) bond motifs is 1. The summed E-state index contributed by atoms with van der Waals surface area (Å²) in [6.45, 7) is 4.82. The van der Waals surface area contributed by atoms with Crippen LogP contribution in [0.5, 0.6) is 11.6 Å². The fourth-order valence-electron chi connectivity index (χ4n) is 4.91. The van der Waals surface area contributed by atoms with E-state index in [2.05, 4.69) is 21.4 Å². The molecular formula is C23H21N5O2. The van der Waals surface area contributed by atoms with Gasteiger partial charge in [-0.2, -0.15) is 15.5 Å². The van der Waals surface area contributed by atoms with Gasteiger partial charge in [-0.05, 0) is 68.0 Å². The second-order valence-electron chi connectivity index (χ2n) is 8.65. The van der Waals surface area contributed by atoms with Crippen molar-refractivity contribution < 1.29 is 9.47 Å². The molecule has 3 saturated carbocycles. The average molecular weight is 399 g/mol. The molecule has 0 radical (unpaired) electrons. The zero-order chi connectivity index (χ0) is 20.9. The molecule has 3 fully saturated rings. The number of hydrogen-bond acceptors (Lipinski definition) is 7. The van der Waals surface area contributed by atoms with Gasteiger partial charge < -0.3 is 14.8 Å². The number of nitrogens with one attached hydrogen (secondary N) is 1. The third-order valence-corrected chi connectivity index (χ3v) is 6.22. The van der Waals surface area contributed by atoms with Crippen LogP contribution in [0.25, 0.3) is 6.08 Å². The van der Waals surface area contributed by atoms with E-state index in [0.717, 1.165) is 53.0 Å². The van der Waals surface area contributed by atoms with E-state index in [1.807, 2.05) is 32.0 Å². The maximum absolute atomic E-state index is 9.25. The minimum atomic E-state index is -0.137. The van der Waals surface area contributed by atoms with Crippen molar-refractivity contribution in [2.45, 2.75) is 51.9 Å². The number of allylic oxidation sites excluding steroid dienone is 1. The fraction of sp³-hybridized carbons (Fsp3) is 0.391. The Hall–Kier alpha value is -3.42. The Labute approximate surface area is 175 Å². The molecule has 7 heteroatoms. The highest BCUT2D eigenvalue weighted by Gasteiger charge is 2.69. The highest BCUT2D eigenvalue weighted by molar-refractivity contribution is 5.58. The van der Waals surface area contributed by atoms with Gasteiger partial charge in [-0.15, -0.1) is 0 Å². The number of nitriles is 2. The average Bonchev–Trinajstić information content (AvgIpc) is 3.13. The van der Waals surface area contributed by atoms with Gasteiger partial charge in [0.2, 0.25) is 11.8 Å². The second kappa shape index (κ2) is 6.55. The van der Waals surface area contributed by atoms with E-state index in [0.29, 0.717) is 25.0 Å². The summed E-state index contributed by atoms with van der Waals surface area (Å²) in [5.74, 6) is 1.79. The number of aromatic nitrogens is 2. The number of benzene rings is 1. The predicted molar refractivity (Wildman–Crippen MR) is 109 cm³/mol. The molecule has 4 aliphatic rings. The van der Waals surface area contributed by atoms with Crippen molar-refractivity contribution in [1.82, 2.24) is 9.97 Å². The quantitative estimate of drug-likeness (QED) is 0.747. The van der Waals surface area contributed by atoms with Crippen LogP contribution in [0.4, 0.5) is 5.95 Å². The maximum Gasteiger partial charge on any atom is 0.230 e. The van der Waals surface area contributed by atoms with Crippen LogP contribution in [-0.2, 0) is 18.0 Å². The number of hydrogen-bond donors (Lipinski definition) is 1. The summed E-state index contributed by atoms with van der Waals surface area (Å²) in [7, 11) is 0. The van der Waals surface area contributed by atoms with Crippen LogP contribution < -0.4 is 10.1 Å². The normalized spacial score (nSPS) is 25.6. The molecule has 1 N–H and O–H groups in total. The molecule has 0 atom stereocenters. The molecule has 2 aromatic rings. The predicted octanol–water partition coefficient (Wildman–Crippen LogP) is 4.31. The van der Waals surface area contributed by atoms with Crippen molar-refractivity contribution in [3.8, 4) is 23.8 Å². The lowest BCUT2D eigenvalue weighted by atomic mass is 9.40. The van der Waals surface area contributed by atoms with Gasteiger partial charge in [0.05, 0.1) is 42.0 Å². The first-order valence-corrected chi connectivity index (χ1v) is 9.97. The molecule has 0 spiro atoms. The molecule has 150 valence electrons. The second-order valence-corrected chi connectivity index (χ2v) is 8.65. The summed E-state index contributed by atoms with van der Waals surface area (Å²) >= 11 is 0. The highest BCUT2D eigenvalue weighted by Crippen LogP contribution is 2.67. The molecule has 30 heavy (non-hydrogen) atoms. The van der Waals surface area contributed by atoms with Crippen LogP contribution in [0.3, 0.4) is 0 Å². The van der Waals surface area contributed by atoms with Crippen molar-refractivity contribution in [2.75, 3.05) is 5.32 Å². The molecule has 0 unspecified atom stereocenters. The van der Waals surface area contributed by atoms with Crippen LogP contribution >= 0.6 is 0 Å². The molecule has 7 nitrogen and oxygen atoms in total. The molecule has 1 aliphatic heterocycles. The summed E-state index contributed by atoms with van der Waals surface area (Å²) in [6.07, 6.45) is 5.78. The highest BCUT2D eigenvalue weighted by atomic mass is 16.5. The first kappa shape index (κ1) is 18.6. The monoisotopic (exact) mass is 399 g/mol. The van der Waals surface area contributed by atoms with E-state index in [4.69, 9.17) is 14.7 Å². The van der Waals surface area contributed by atoms with Gasteiger partial charge in [0, 0.05) is 11.6 Å². The Balaban J connectivity index is 1.44. The van der Waals surface area contributed by atoms with Crippen LogP contribution in [0.1, 0.15) is 47.2 Å². The van der Waals surface area contributed by atoms with E-state index in [9.17, 15) is 5.26 Å². The lowest BCUT2D eigenvalue weighted by Crippen LogP contribution is -2.70. The Morgan fingerprint density at radius 2 is 1.87 bits per heavy atom. The number of aryl methyl sites for hydroxylation is 2. The lowest BCUT2D eigenvalue weighted by Gasteiger charge is -2.66. The summed E-state index contributed by atoms with van der Waals surface area (Å²) in [5, 5.41) is 21.5. The maximum atomic E-state index is 9.25. The largest absolute Gasteiger partial charge is 0.438 e. The number of anilines is 1. The summed E-state index contributed by atoms with van der Waals surface area (Å²) in [6, 6.07) is 8.40. The van der Waals surface area contributed by atoms with Gasteiger partial charge in [0.15, 0.2) is 0 Å². The van der Waals surface area contributed by atoms with E-state index >= 15 is 0 Å². The van der Waals surface area contributed by atoms with Crippen molar-refractivity contribution in [3.63, 3.8) is 0 Å². The van der Waals surface area contributed by atoms with E-state index in [1.165, 1.54) is 6.08 Å². The van der Waals surface area contributed by atoms with Gasteiger partial charge in [-0.1, -0.05) is 0 Å².